The molecule has 0 aromatic heterocycles. The van der Waals surface area contributed by atoms with E-state index in [1.165, 1.54) is 18.4 Å². The maximum absolute atomic E-state index is 11.4. The zero-order chi connectivity index (χ0) is 13.3. The average molecular weight is 268 g/mol. The molecule has 0 bridgehead atoms. The summed E-state index contributed by atoms with van der Waals surface area (Å²) in [5, 5.41) is 3.94. The van der Waals surface area contributed by atoms with Gasteiger partial charge in [-0.25, -0.2) is 0 Å². The summed E-state index contributed by atoms with van der Waals surface area (Å²) in [6, 6.07) is 0. The SMILES string of the molecule is CNC(=O)CC[C@H]1CCC2SC(C)/C(=C\N)C21C. The molecule has 4 heteroatoms. The van der Waals surface area contributed by atoms with Crippen LogP contribution in [-0.4, -0.2) is 23.5 Å². The van der Waals surface area contributed by atoms with Gasteiger partial charge in [-0.1, -0.05) is 6.92 Å². The van der Waals surface area contributed by atoms with Crippen LogP contribution in [-0.2, 0) is 4.79 Å². The number of rotatable bonds is 3. The Morgan fingerprint density at radius 3 is 2.94 bits per heavy atom. The number of hydrogen-bond donors (Lipinski definition) is 2. The van der Waals surface area contributed by atoms with Crippen LogP contribution in [0.25, 0.3) is 0 Å². The Kier molecular flexibility index (Phi) is 3.95. The van der Waals surface area contributed by atoms with Crippen molar-refractivity contribution in [3.8, 4) is 0 Å². The van der Waals surface area contributed by atoms with Crippen molar-refractivity contribution >= 4 is 17.7 Å². The van der Waals surface area contributed by atoms with Crippen LogP contribution in [0.4, 0.5) is 0 Å². The van der Waals surface area contributed by atoms with Crippen molar-refractivity contribution in [2.45, 2.75) is 50.0 Å². The fourth-order valence-corrected chi connectivity index (χ4v) is 5.65. The highest BCUT2D eigenvalue weighted by atomic mass is 32.2. The number of hydrogen-bond acceptors (Lipinski definition) is 3. The van der Waals surface area contributed by atoms with Gasteiger partial charge in [-0.3, -0.25) is 4.79 Å². The summed E-state index contributed by atoms with van der Waals surface area (Å²) in [5.41, 5.74) is 7.47. The van der Waals surface area contributed by atoms with E-state index in [-0.39, 0.29) is 11.3 Å². The third-order valence-electron chi connectivity index (χ3n) is 4.90. The van der Waals surface area contributed by atoms with E-state index in [9.17, 15) is 4.79 Å². The summed E-state index contributed by atoms with van der Waals surface area (Å²) in [7, 11) is 1.71. The molecule has 1 saturated heterocycles. The van der Waals surface area contributed by atoms with E-state index in [0.717, 1.165) is 6.42 Å². The number of carbonyl (C=O) groups is 1. The fourth-order valence-electron chi connectivity index (χ4n) is 3.79. The van der Waals surface area contributed by atoms with Crippen molar-refractivity contribution in [2.75, 3.05) is 7.05 Å². The van der Waals surface area contributed by atoms with Crippen LogP contribution < -0.4 is 11.1 Å². The van der Waals surface area contributed by atoms with Crippen LogP contribution in [0.15, 0.2) is 11.8 Å². The molecule has 1 aliphatic heterocycles. The third-order valence-corrected chi connectivity index (χ3v) is 6.62. The number of fused-ring (bicyclic) bond motifs is 1. The number of amides is 1. The minimum Gasteiger partial charge on any atom is -0.405 e. The van der Waals surface area contributed by atoms with E-state index < -0.39 is 0 Å². The van der Waals surface area contributed by atoms with Crippen molar-refractivity contribution in [2.24, 2.45) is 17.1 Å². The third kappa shape index (κ3) is 2.04. The Labute approximate surface area is 114 Å². The first-order valence-electron chi connectivity index (χ1n) is 6.82. The van der Waals surface area contributed by atoms with Crippen molar-refractivity contribution in [3.05, 3.63) is 11.8 Å². The summed E-state index contributed by atoms with van der Waals surface area (Å²) in [6.07, 6.45) is 5.95. The highest BCUT2D eigenvalue weighted by molar-refractivity contribution is 8.01. The monoisotopic (exact) mass is 268 g/mol. The number of nitrogens with one attached hydrogen (secondary N) is 1. The van der Waals surface area contributed by atoms with E-state index >= 15 is 0 Å². The molecule has 1 amide bonds. The molecule has 0 spiro atoms. The molecule has 2 fully saturated rings. The molecule has 2 aliphatic rings. The number of carbonyl (C=O) groups excluding carboxylic acids is 1. The van der Waals surface area contributed by atoms with Crippen LogP contribution in [0.5, 0.6) is 0 Å². The van der Waals surface area contributed by atoms with Gasteiger partial charge in [0.15, 0.2) is 0 Å². The summed E-state index contributed by atoms with van der Waals surface area (Å²) < 4.78 is 0. The Hall–Kier alpha value is -0.640. The topological polar surface area (TPSA) is 55.1 Å². The van der Waals surface area contributed by atoms with Gasteiger partial charge in [-0.05, 0) is 43.9 Å². The van der Waals surface area contributed by atoms with Gasteiger partial charge in [0.1, 0.15) is 0 Å². The molecular weight excluding hydrogens is 244 g/mol. The number of thioether (sulfide) groups is 1. The highest BCUT2D eigenvalue weighted by Crippen LogP contribution is 2.62. The van der Waals surface area contributed by atoms with Gasteiger partial charge in [0, 0.05) is 29.4 Å². The highest BCUT2D eigenvalue weighted by Gasteiger charge is 2.54. The minimum atomic E-state index is 0.152. The molecule has 18 heavy (non-hydrogen) atoms. The van der Waals surface area contributed by atoms with Crippen LogP contribution in [0.3, 0.4) is 0 Å². The van der Waals surface area contributed by atoms with E-state index in [2.05, 4.69) is 30.9 Å². The zero-order valence-corrected chi connectivity index (χ0v) is 12.3. The first kappa shape index (κ1) is 13.8. The van der Waals surface area contributed by atoms with E-state index in [1.54, 1.807) is 7.05 Å². The second-order valence-corrected chi connectivity index (χ2v) is 7.21. The molecule has 1 heterocycles. The molecule has 3 N–H and O–H groups in total. The average Bonchev–Trinajstić information content (AvgIpc) is 2.77. The molecule has 3 unspecified atom stereocenters. The van der Waals surface area contributed by atoms with Crippen molar-refractivity contribution in [1.29, 1.82) is 0 Å². The van der Waals surface area contributed by atoms with E-state index in [0.29, 0.717) is 22.8 Å². The van der Waals surface area contributed by atoms with Crippen molar-refractivity contribution < 1.29 is 4.79 Å². The molecule has 4 atom stereocenters. The molecule has 102 valence electrons. The van der Waals surface area contributed by atoms with Gasteiger partial charge in [0.2, 0.25) is 5.91 Å². The predicted octanol–water partition coefficient (Wildman–Crippen LogP) is 2.28. The summed E-state index contributed by atoms with van der Waals surface area (Å²) in [6.45, 7) is 4.61. The summed E-state index contributed by atoms with van der Waals surface area (Å²) in [5.74, 6) is 0.756. The lowest BCUT2D eigenvalue weighted by Crippen LogP contribution is -2.31. The maximum atomic E-state index is 11.4. The van der Waals surface area contributed by atoms with Crippen LogP contribution in [0, 0.1) is 11.3 Å². The van der Waals surface area contributed by atoms with E-state index in [4.69, 9.17) is 5.73 Å². The first-order valence-corrected chi connectivity index (χ1v) is 7.76. The molecule has 1 aliphatic carbocycles. The lowest BCUT2D eigenvalue weighted by atomic mass is 9.71. The Morgan fingerprint density at radius 1 is 1.61 bits per heavy atom. The van der Waals surface area contributed by atoms with Crippen molar-refractivity contribution in [3.63, 3.8) is 0 Å². The van der Waals surface area contributed by atoms with Crippen LogP contribution in [0.2, 0.25) is 0 Å². The second-order valence-electron chi connectivity index (χ2n) is 5.66. The van der Waals surface area contributed by atoms with Gasteiger partial charge in [-0.2, -0.15) is 0 Å². The van der Waals surface area contributed by atoms with E-state index in [1.807, 2.05) is 6.20 Å². The molecular formula is C14H24N2OS. The van der Waals surface area contributed by atoms with Gasteiger partial charge in [0.25, 0.3) is 0 Å². The lowest BCUT2D eigenvalue weighted by Gasteiger charge is -2.33. The minimum absolute atomic E-state index is 0.152. The quantitative estimate of drug-likeness (QED) is 0.825. The largest absolute Gasteiger partial charge is 0.405 e. The van der Waals surface area contributed by atoms with Gasteiger partial charge < -0.3 is 11.1 Å². The van der Waals surface area contributed by atoms with Gasteiger partial charge >= 0.3 is 0 Å². The zero-order valence-electron chi connectivity index (χ0n) is 11.5. The van der Waals surface area contributed by atoms with Crippen LogP contribution in [0.1, 0.15) is 39.5 Å². The fraction of sp³-hybridized carbons (Fsp3) is 0.786. The molecule has 2 rings (SSSR count). The molecule has 0 aromatic carbocycles. The molecule has 0 aromatic rings. The smallest absolute Gasteiger partial charge is 0.219 e. The lowest BCUT2D eigenvalue weighted by molar-refractivity contribution is -0.121. The first-order chi connectivity index (χ1) is 8.53. The van der Waals surface area contributed by atoms with Crippen molar-refractivity contribution in [1.82, 2.24) is 5.32 Å². The Morgan fingerprint density at radius 2 is 2.33 bits per heavy atom. The molecule has 0 radical (unpaired) electrons. The van der Waals surface area contributed by atoms with Crippen LogP contribution >= 0.6 is 11.8 Å². The molecule has 1 saturated carbocycles. The normalized spacial score (nSPS) is 41.1. The standard InChI is InChI=1S/C14H24N2OS/c1-9-11(8-15)14(2)10(4-6-12(14)18-9)5-7-13(17)16-3/h8-10,12H,4-7,15H2,1-3H3,(H,16,17)/b11-8+/t9?,10-,12?,14?/m1/s1. The van der Waals surface area contributed by atoms with Gasteiger partial charge in [-0.15, -0.1) is 11.8 Å². The number of nitrogens with two attached hydrogens (primary N) is 1. The predicted molar refractivity (Wildman–Crippen MR) is 77.2 cm³/mol. The summed E-state index contributed by atoms with van der Waals surface area (Å²) in [4.78, 5) is 11.4. The Balaban J connectivity index is 2.12. The summed E-state index contributed by atoms with van der Waals surface area (Å²) >= 11 is 2.06. The Bertz CT molecular complexity index is 369. The molecule has 3 nitrogen and oxygen atoms in total. The maximum Gasteiger partial charge on any atom is 0.219 e. The second kappa shape index (κ2) is 5.16. The van der Waals surface area contributed by atoms with Gasteiger partial charge in [0.05, 0.1) is 0 Å².